The molecule has 4 heteroatoms. The first-order valence-corrected chi connectivity index (χ1v) is 5.54. The quantitative estimate of drug-likeness (QED) is 0.700. The van der Waals surface area contributed by atoms with Crippen molar-refractivity contribution >= 4 is 5.97 Å². The van der Waals surface area contributed by atoms with Gasteiger partial charge in [0, 0.05) is 13.1 Å². The van der Waals surface area contributed by atoms with Gasteiger partial charge >= 0.3 is 5.97 Å². The summed E-state index contributed by atoms with van der Waals surface area (Å²) in [5.41, 5.74) is -0.458. The van der Waals surface area contributed by atoms with Gasteiger partial charge in [-0.05, 0) is 19.3 Å². The molecule has 1 heterocycles. The Labute approximate surface area is 91.0 Å². The molecule has 88 valence electrons. The van der Waals surface area contributed by atoms with E-state index >= 15 is 0 Å². The van der Waals surface area contributed by atoms with Crippen molar-refractivity contribution in [2.45, 2.75) is 45.3 Å². The molecule has 0 aromatic rings. The monoisotopic (exact) mass is 215 g/mol. The lowest BCUT2D eigenvalue weighted by Crippen LogP contribution is -2.63. The third-order valence-corrected chi connectivity index (χ3v) is 2.62. The van der Waals surface area contributed by atoms with Gasteiger partial charge in [-0.3, -0.25) is 4.79 Å². The van der Waals surface area contributed by atoms with Crippen molar-refractivity contribution in [3.63, 3.8) is 0 Å². The van der Waals surface area contributed by atoms with Gasteiger partial charge in [-0.2, -0.15) is 0 Å². The normalized spacial score (nSPS) is 21.1. The minimum absolute atomic E-state index is 0.0996. The van der Waals surface area contributed by atoms with Gasteiger partial charge in [0.15, 0.2) is 0 Å². The summed E-state index contributed by atoms with van der Waals surface area (Å²) in [6, 6.07) is 0. The first-order valence-electron chi connectivity index (χ1n) is 5.54. The Morgan fingerprint density at radius 1 is 1.47 bits per heavy atom. The van der Waals surface area contributed by atoms with E-state index in [2.05, 4.69) is 19.2 Å². The zero-order valence-electron chi connectivity index (χ0n) is 9.75. The highest BCUT2D eigenvalue weighted by atomic mass is 16.5. The van der Waals surface area contributed by atoms with E-state index in [0.29, 0.717) is 19.0 Å². The largest absolute Gasteiger partial charge is 0.481 e. The molecular formula is C11H21NO3. The van der Waals surface area contributed by atoms with E-state index in [1.54, 1.807) is 0 Å². The summed E-state index contributed by atoms with van der Waals surface area (Å²) < 4.78 is 5.85. The Balaban J connectivity index is 2.42. The van der Waals surface area contributed by atoms with Crippen LogP contribution in [0.1, 0.15) is 33.6 Å². The molecule has 4 nitrogen and oxygen atoms in total. The van der Waals surface area contributed by atoms with Crippen LogP contribution in [0.2, 0.25) is 0 Å². The molecule has 0 radical (unpaired) electrons. The SMILES string of the molecule is CC(C)CC(C)OC1(CC(=O)O)CNC1. The molecule has 1 saturated heterocycles. The molecule has 1 aliphatic heterocycles. The Morgan fingerprint density at radius 2 is 2.07 bits per heavy atom. The lowest BCUT2D eigenvalue weighted by atomic mass is 9.92. The smallest absolute Gasteiger partial charge is 0.306 e. The van der Waals surface area contributed by atoms with Crippen molar-refractivity contribution in [3.8, 4) is 0 Å². The van der Waals surface area contributed by atoms with E-state index in [0.717, 1.165) is 6.42 Å². The maximum absolute atomic E-state index is 10.7. The maximum Gasteiger partial charge on any atom is 0.306 e. The molecule has 1 atom stereocenters. The third kappa shape index (κ3) is 3.80. The van der Waals surface area contributed by atoms with E-state index < -0.39 is 11.6 Å². The zero-order valence-corrected chi connectivity index (χ0v) is 9.75. The van der Waals surface area contributed by atoms with Crippen molar-refractivity contribution in [1.82, 2.24) is 5.32 Å². The molecule has 0 aromatic carbocycles. The first kappa shape index (κ1) is 12.5. The molecule has 0 saturated carbocycles. The van der Waals surface area contributed by atoms with Crippen molar-refractivity contribution in [1.29, 1.82) is 0 Å². The first-order chi connectivity index (χ1) is 6.93. The Bertz CT molecular complexity index is 224. The number of carbonyl (C=O) groups is 1. The molecule has 0 bridgehead atoms. The summed E-state index contributed by atoms with van der Waals surface area (Å²) in [6.45, 7) is 7.61. The summed E-state index contributed by atoms with van der Waals surface area (Å²) in [4.78, 5) is 10.7. The topological polar surface area (TPSA) is 58.6 Å². The van der Waals surface area contributed by atoms with Crippen LogP contribution in [0.15, 0.2) is 0 Å². The Hall–Kier alpha value is -0.610. The summed E-state index contributed by atoms with van der Waals surface area (Å²) in [5, 5.41) is 11.9. The fraction of sp³-hybridized carbons (Fsp3) is 0.909. The molecule has 0 aromatic heterocycles. The van der Waals surface area contributed by atoms with Gasteiger partial charge in [0.25, 0.3) is 0 Å². The number of aliphatic carboxylic acids is 1. The van der Waals surface area contributed by atoms with Gasteiger partial charge < -0.3 is 15.2 Å². The third-order valence-electron chi connectivity index (χ3n) is 2.62. The summed E-state index contributed by atoms with van der Waals surface area (Å²) >= 11 is 0. The minimum Gasteiger partial charge on any atom is -0.481 e. The van der Waals surface area contributed by atoms with Gasteiger partial charge in [-0.1, -0.05) is 13.8 Å². The second-order valence-corrected chi connectivity index (χ2v) is 4.92. The Morgan fingerprint density at radius 3 is 2.40 bits per heavy atom. The fourth-order valence-corrected chi connectivity index (χ4v) is 2.07. The number of nitrogens with one attached hydrogen (secondary N) is 1. The molecule has 0 spiro atoms. The van der Waals surface area contributed by atoms with Crippen LogP contribution in [-0.4, -0.2) is 35.9 Å². The van der Waals surface area contributed by atoms with Crippen molar-refractivity contribution < 1.29 is 14.6 Å². The average molecular weight is 215 g/mol. The van der Waals surface area contributed by atoms with E-state index in [-0.39, 0.29) is 12.5 Å². The van der Waals surface area contributed by atoms with Crippen LogP contribution < -0.4 is 5.32 Å². The van der Waals surface area contributed by atoms with Crippen LogP contribution in [0, 0.1) is 5.92 Å². The van der Waals surface area contributed by atoms with Gasteiger partial charge in [-0.25, -0.2) is 0 Å². The standard InChI is InChI=1S/C11H21NO3/c1-8(2)4-9(3)15-11(5-10(13)14)6-12-7-11/h8-9,12H,4-7H2,1-3H3,(H,13,14). The van der Waals surface area contributed by atoms with E-state index in [4.69, 9.17) is 9.84 Å². The average Bonchev–Trinajstić information content (AvgIpc) is 1.97. The highest BCUT2D eigenvalue weighted by Crippen LogP contribution is 2.25. The highest BCUT2D eigenvalue weighted by molar-refractivity contribution is 5.68. The molecule has 0 amide bonds. The van der Waals surface area contributed by atoms with Crippen LogP contribution in [0.25, 0.3) is 0 Å². The lowest BCUT2D eigenvalue weighted by molar-refractivity contribution is -0.158. The van der Waals surface area contributed by atoms with Crippen LogP contribution in [0.3, 0.4) is 0 Å². The van der Waals surface area contributed by atoms with Gasteiger partial charge in [0.2, 0.25) is 0 Å². The van der Waals surface area contributed by atoms with Crippen molar-refractivity contribution in [3.05, 3.63) is 0 Å². The molecule has 1 unspecified atom stereocenters. The van der Waals surface area contributed by atoms with Gasteiger partial charge in [-0.15, -0.1) is 0 Å². The molecule has 1 aliphatic rings. The van der Waals surface area contributed by atoms with E-state index in [9.17, 15) is 4.79 Å². The zero-order chi connectivity index (χ0) is 11.5. The molecule has 15 heavy (non-hydrogen) atoms. The predicted octanol–water partition coefficient (Wildman–Crippen LogP) is 1.25. The number of hydrogen-bond donors (Lipinski definition) is 2. The van der Waals surface area contributed by atoms with Crippen LogP contribution >= 0.6 is 0 Å². The van der Waals surface area contributed by atoms with E-state index in [1.165, 1.54) is 0 Å². The number of ether oxygens (including phenoxy) is 1. The summed E-state index contributed by atoms with van der Waals surface area (Å²) in [7, 11) is 0. The second-order valence-electron chi connectivity index (χ2n) is 4.92. The number of rotatable bonds is 6. The summed E-state index contributed by atoms with van der Waals surface area (Å²) in [5.74, 6) is -0.205. The van der Waals surface area contributed by atoms with Crippen LogP contribution in [-0.2, 0) is 9.53 Å². The van der Waals surface area contributed by atoms with Gasteiger partial charge in [0.05, 0.1) is 12.5 Å². The predicted molar refractivity (Wildman–Crippen MR) is 57.9 cm³/mol. The second kappa shape index (κ2) is 4.94. The fourth-order valence-electron chi connectivity index (χ4n) is 2.07. The number of carboxylic acid groups (broad SMARTS) is 1. The van der Waals surface area contributed by atoms with Gasteiger partial charge in [0.1, 0.15) is 5.60 Å². The Kier molecular flexibility index (Phi) is 4.11. The highest BCUT2D eigenvalue weighted by Gasteiger charge is 2.41. The number of hydrogen-bond acceptors (Lipinski definition) is 3. The van der Waals surface area contributed by atoms with Crippen molar-refractivity contribution in [2.75, 3.05) is 13.1 Å². The van der Waals surface area contributed by atoms with Crippen molar-refractivity contribution in [2.24, 2.45) is 5.92 Å². The lowest BCUT2D eigenvalue weighted by Gasteiger charge is -2.43. The molecule has 1 rings (SSSR count). The molecule has 1 fully saturated rings. The maximum atomic E-state index is 10.7. The van der Waals surface area contributed by atoms with E-state index in [1.807, 2.05) is 6.92 Å². The minimum atomic E-state index is -0.784. The molecule has 2 N–H and O–H groups in total. The molecule has 0 aliphatic carbocycles. The van der Waals surface area contributed by atoms with Crippen LogP contribution in [0.5, 0.6) is 0 Å². The van der Waals surface area contributed by atoms with Crippen LogP contribution in [0.4, 0.5) is 0 Å². The number of carboxylic acids is 1. The summed E-state index contributed by atoms with van der Waals surface area (Å²) in [6.07, 6.45) is 1.20. The molecular weight excluding hydrogens is 194 g/mol.